The molecule has 7 N–H and O–H groups in total. The highest BCUT2D eigenvalue weighted by molar-refractivity contribution is 6.33. The van der Waals surface area contributed by atoms with Crippen molar-refractivity contribution in [3.05, 3.63) is 35.0 Å². The zero-order chi connectivity index (χ0) is 24.7. The molecule has 1 fully saturated rings. The monoisotopic (exact) mass is 491 g/mol. The van der Waals surface area contributed by atoms with E-state index in [-0.39, 0.29) is 30.9 Å². The summed E-state index contributed by atoms with van der Waals surface area (Å²) in [6, 6.07) is 6.83. The first kappa shape index (κ1) is 24.8. The second kappa shape index (κ2) is 11.4. The van der Waals surface area contributed by atoms with Crippen LogP contribution >= 0.6 is 11.6 Å². The number of ether oxygens (including phenoxy) is 1. The van der Waals surface area contributed by atoms with Gasteiger partial charge >= 0.3 is 5.97 Å². The van der Waals surface area contributed by atoms with Gasteiger partial charge in [-0.2, -0.15) is 5.10 Å². The molecule has 0 unspecified atom stereocenters. The topological polar surface area (TPSA) is 189 Å². The number of likely N-dealkylation sites (tertiary alicyclic amines) is 1. The van der Waals surface area contributed by atoms with E-state index in [0.717, 1.165) is 18.5 Å². The van der Waals surface area contributed by atoms with E-state index in [4.69, 9.17) is 32.9 Å². The Morgan fingerprint density at radius 2 is 2.00 bits per heavy atom. The number of nitrogens with two attached hydrogens (primary N) is 2. The molecular weight excluding hydrogens is 466 g/mol. The highest BCUT2D eigenvalue weighted by atomic mass is 35.5. The molecule has 1 aromatic heterocycles. The Hall–Kier alpha value is -3.80. The Labute approximate surface area is 200 Å². The number of aliphatic carboxylic acids is 1. The van der Waals surface area contributed by atoms with Gasteiger partial charge in [-0.3, -0.25) is 14.7 Å². The molecule has 0 aliphatic carbocycles. The number of H-pyrrole nitrogens is 1. The van der Waals surface area contributed by atoms with E-state index >= 15 is 0 Å². The lowest BCUT2D eigenvalue weighted by Gasteiger charge is -2.31. The van der Waals surface area contributed by atoms with E-state index < -0.39 is 18.5 Å². The fourth-order valence-corrected chi connectivity index (χ4v) is 3.83. The molecule has 1 saturated heterocycles. The van der Waals surface area contributed by atoms with Crippen LogP contribution < -0.4 is 21.5 Å². The maximum atomic E-state index is 12.4. The number of aromatic amines is 1. The van der Waals surface area contributed by atoms with Crippen LogP contribution in [0.1, 0.15) is 24.5 Å². The maximum Gasteiger partial charge on any atom is 0.341 e. The van der Waals surface area contributed by atoms with Crippen molar-refractivity contribution in [2.75, 3.05) is 32.8 Å². The van der Waals surface area contributed by atoms with Gasteiger partial charge in [0.25, 0.3) is 0 Å². The van der Waals surface area contributed by atoms with Crippen LogP contribution in [0.5, 0.6) is 5.75 Å². The van der Waals surface area contributed by atoms with Gasteiger partial charge in [0.05, 0.1) is 17.3 Å². The quantitative estimate of drug-likeness (QED) is 0.244. The normalized spacial score (nSPS) is 13.9. The molecule has 3 rings (SSSR count). The standard InChI is InChI=1S/C21H26ClN7O5/c22-15-7-13(34-11-20(32)33)1-2-14(15)17-8-16(27-28-17)12-3-5-29(6-4-12)19(31)10-25-18(30)9-26-21(23)24/h1-2,7-8,12H,3-6,9-11H2,(H,25,30)(H,27,28)(H,32,33)(H4,23,24,26). The summed E-state index contributed by atoms with van der Waals surface area (Å²) >= 11 is 6.34. The number of amides is 2. The maximum absolute atomic E-state index is 12.4. The predicted octanol–water partition coefficient (Wildman–Crippen LogP) is 0.289. The summed E-state index contributed by atoms with van der Waals surface area (Å²) in [5.41, 5.74) is 12.6. The molecule has 2 aromatic rings. The molecule has 1 aromatic carbocycles. The number of piperidine rings is 1. The lowest BCUT2D eigenvalue weighted by atomic mass is 9.93. The molecule has 2 heterocycles. The number of halogens is 1. The zero-order valence-electron chi connectivity index (χ0n) is 18.3. The first-order valence-electron chi connectivity index (χ1n) is 10.5. The lowest BCUT2D eigenvalue weighted by Crippen LogP contribution is -2.44. The number of hydrogen-bond donors (Lipinski definition) is 5. The Balaban J connectivity index is 1.52. The predicted molar refractivity (Wildman–Crippen MR) is 124 cm³/mol. The summed E-state index contributed by atoms with van der Waals surface area (Å²) in [5, 5.41) is 19.0. The molecule has 0 radical (unpaired) electrons. The summed E-state index contributed by atoms with van der Waals surface area (Å²) < 4.78 is 5.14. The number of guanidine groups is 1. The lowest BCUT2D eigenvalue weighted by molar-refractivity contribution is -0.139. The third-order valence-corrected chi connectivity index (χ3v) is 5.62. The van der Waals surface area contributed by atoms with Crippen LogP contribution in [0.25, 0.3) is 11.3 Å². The van der Waals surface area contributed by atoms with Crippen molar-refractivity contribution in [2.24, 2.45) is 16.5 Å². The Morgan fingerprint density at radius 1 is 1.26 bits per heavy atom. The number of nitrogens with zero attached hydrogens (tertiary/aromatic N) is 3. The fraction of sp³-hybridized carbons (Fsp3) is 0.381. The molecule has 182 valence electrons. The van der Waals surface area contributed by atoms with Crippen molar-refractivity contribution >= 4 is 35.3 Å². The van der Waals surface area contributed by atoms with Crippen LogP contribution in [0, 0.1) is 0 Å². The third kappa shape index (κ3) is 6.85. The van der Waals surface area contributed by atoms with Gasteiger partial charge in [-0.1, -0.05) is 11.6 Å². The minimum Gasteiger partial charge on any atom is -0.482 e. The van der Waals surface area contributed by atoms with Crippen molar-refractivity contribution in [1.29, 1.82) is 0 Å². The third-order valence-electron chi connectivity index (χ3n) is 5.31. The van der Waals surface area contributed by atoms with E-state index in [1.54, 1.807) is 23.1 Å². The Kier molecular flexibility index (Phi) is 8.30. The molecular formula is C21H26ClN7O5. The molecule has 2 amide bonds. The number of carboxylic acid groups (broad SMARTS) is 1. The highest BCUT2D eigenvalue weighted by Gasteiger charge is 2.25. The number of hydrogen-bond acceptors (Lipinski definition) is 6. The fourth-order valence-electron chi connectivity index (χ4n) is 3.57. The van der Waals surface area contributed by atoms with E-state index in [0.29, 0.717) is 35.1 Å². The van der Waals surface area contributed by atoms with Crippen LogP contribution in [0.4, 0.5) is 0 Å². The summed E-state index contributed by atoms with van der Waals surface area (Å²) in [6.07, 6.45) is 1.48. The van der Waals surface area contributed by atoms with Crippen LogP contribution in [0.15, 0.2) is 29.3 Å². The number of carboxylic acids is 1. The minimum atomic E-state index is -1.07. The highest BCUT2D eigenvalue weighted by Crippen LogP contribution is 2.33. The Bertz CT molecular complexity index is 1080. The van der Waals surface area contributed by atoms with Gasteiger partial charge in [0, 0.05) is 30.3 Å². The molecule has 0 spiro atoms. The molecule has 1 aliphatic heterocycles. The number of rotatable bonds is 9. The summed E-state index contributed by atoms with van der Waals surface area (Å²) in [5.74, 6) is -1.30. The van der Waals surface area contributed by atoms with Crippen LogP contribution in [-0.4, -0.2) is 76.7 Å². The van der Waals surface area contributed by atoms with Gasteiger partial charge < -0.3 is 31.5 Å². The molecule has 0 atom stereocenters. The van der Waals surface area contributed by atoms with Crippen molar-refractivity contribution < 1.29 is 24.2 Å². The summed E-state index contributed by atoms with van der Waals surface area (Å²) in [6.45, 7) is 0.327. The van der Waals surface area contributed by atoms with Crippen molar-refractivity contribution in [1.82, 2.24) is 20.4 Å². The van der Waals surface area contributed by atoms with Gasteiger partial charge in [0.15, 0.2) is 12.6 Å². The van der Waals surface area contributed by atoms with Crippen LogP contribution in [-0.2, 0) is 14.4 Å². The average molecular weight is 492 g/mol. The molecule has 34 heavy (non-hydrogen) atoms. The van der Waals surface area contributed by atoms with Gasteiger partial charge in [0.2, 0.25) is 11.8 Å². The van der Waals surface area contributed by atoms with Gasteiger partial charge in [-0.25, -0.2) is 9.79 Å². The van der Waals surface area contributed by atoms with Crippen molar-refractivity contribution in [3.63, 3.8) is 0 Å². The second-order valence-corrected chi connectivity index (χ2v) is 8.11. The smallest absolute Gasteiger partial charge is 0.341 e. The van der Waals surface area contributed by atoms with E-state index in [2.05, 4.69) is 20.5 Å². The average Bonchev–Trinajstić information content (AvgIpc) is 3.30. The minimum absolute atomic E-state index is 0.109. The molecule has 12 nitrogen and oxygen atoms in total. The van der Waals surface area contributed by atoms with Crippen LogP contribution in [0.2, 0.25) is 5.02 Å². The van der Waals surface area contributed by atoms with E-state index in [1.807, 2.05) is 6.07 Å². The van der Waals surface area contributed by atoms with Gasteiger partial charge in [-0.05, 0) is 37.1 Å². The van der Waals surface area contributed by atoms with Crippen molar-refractivity contribution in [2.45, 2.75) is 18.8 Å². The Morgan fingerprint density at radius 3 is 2.65 bits per heavy atom. The van der Waals surface area contributed by atoms with Gasteiger partial charge in [-0.15, -0.1) is 0 Å². The summed E-state index contributed by atoms with van der Waals surface area (Å²) in [7, 11) is 0. The van der Waals surface area contributed by atoms with Gasteiger partial charge in [0.1, 0.15) is 12.3 Å². The summed E-state index contributed by atoms with van der Waals surface area (Å²) in [4.78, 5) is 40.0. The van der Waals surface area contributed by atoms with Crippen LogP contribution in [0.3, 0.4) is 0 Å². The SMILES string of the molecule is NC(N)=NCC(=O)NCC(=O)N1CCC(c2cc(-c3ccc(OCC(=O)O)cc3Cl)n[nH]2)CC1. The van der Waals surface area contributed by atoms with E-state index in [9.17, 15) is 14.4 Å². The number of carbonyl (C=O) groups excluding carboxylic acids is 2. The second-order valence-electron chi connectivity index (χ2n) is 7.71. The van der Waals surface area contributed by atoms with E-state index in [1.165, 1.54) is 0 Å². The van der Waals surface area contributed by atoms with Crippen molar-refractivity contribution in [3.8, 4) is 17.0 Å². The number of nitrogens with one attached hydrogen (secondary N) is 2. The molecule has 13 heteroatoms. The molecule has 0 bridgehead atoms. The molecule has 1 aliphatic rings. The molecule has 0 saturated carbocycles. The zero-order valence-corrected chi connectivity index (χ0v) is 19.0. The number of benzene rings is 1. The first-order chi connectivity index (χ1) is 16.2. The largest absolute Gasteiger partial charge is 0.482 e. The number of carbonyl (C=O) groups is 3. The number of aliphatic imine (C=N–C) groups is 1. The first-order valence-corrected chi connectivity index (χ1v) is 10.9. The number of aromatic nitrogens is 2.